The highest BCUT2D eigenvalue weighted by atomic mass is 16.6. The van der Waals surface area contributed by atoms with Gasteiger partial charge in [-0.1, -0.05) is 46.8 Å². The predicted molar refractivity (Wildman–Crippen MR) is 164 cm³/mol. The second-order valence-corrected chi connectivity index (χ2v) is 14.0. The molecular weight excluding hydrogens is 568 g/mol. The van der Waals surface area contributed by atoms with E-state index in [1.807, 2.05) is 34.6 Å². The third kappa shape index (κ3) is 9.40. The molecule has 1 saturated carbocycles. The highest BCUT2D eigenvalue weighted by molar-refractivity contribution is 6.38. The molecule has 1 aliphatic carbocycles. The van der Waals surface area contributed by atoms with Crippen LogP contribution in [0.2, 0.25) is 0 Å². The second kappa shape index (κ2) is 14.4. The number of esters is 1. The van der Waals surface area contributed by atoms with E-state index >= 15 is 0 Å². The molecule has 0 aromatic carbocycles. The molecule has 5 atom stereocenters. The summed E-state index contributed by atoms with van der Waals surface area (Å²) in [5, 5.41) is 7.86. The van der Waals surface area contributed by atoms with Gasteiger partial charge in [0.15, 0.2) is 0 Å². The molecule has 2 rings (SSSR count). The summed E-state index contributed by atoms with van der Waals surface area (Å²) < 4.78 is 10.2. The molecule has 1 heterocycles. The van der Waals surface area contributed by atoms with Crippen LogP contribution in [0.5, 0.6) is 0 Å². The molecule has 44 heavy (non-hydrogen) atoms. The Labute approximate surface area is 260 Å². The van der Waals surface area contributed by atoms with Crippen molar-refractivity contribution in [3.63, 3.8) is 0 Å². The highest BCUT2D eigenvalue weighted by Gasteiger charge is 2.70. The van der Waals surface area contributed by atoms with Gasteiger partial charge < -0.3 is 30.3 Å². The van der Waals surface area contributed by atoms with Crippen LogP contribution in [0.25, 0.3) is 0 Å². The number of likely N-dealkylation sites (tertiary alicyclic amines) is 1. The van der Waals surface area contributed by atoms with Crippen molar-refractivity contribution in [3.8, 4) is 0 Å². The van der Waals surface area contributed by atoms with Crippen molar-refractivity contribution >= 4 is 35.6 Å². The van der Waals surface area contributed by atoms with Gasteiger partial charge in [0.05, 0.1) is 12.6 Å². The van der Waals surface area contributed by atoms with Crippen molar-refractivity contribution in [3.05, 3.63) is 24.8 Å². The van der Waals surface area contributed by atoms with E-state index < -0.39 is 64.7 Å². The fourth-order valence-electron chi connectivity index (χ4n) is 5.61. The maximum atomic E-state index is 14.0. The van der Waals surface area contributed by atoms with Crippen LogP contribution < -0.4 is 16.0 Å². The number of nitrogens with one attached hydrogen (secondary N) is 3. The molecular formula is C32H50N4O8. The van der Waals surface area contributed by atoms with Gasteiger partial charge in [0.1, 0.15) is 17.7 Å². The Kier molecular flexibility index (Phi) is 11.9. The summed E-state index contributed by atoms with van der Waals surface area (Å²) in [5.41, 5.74) is -1.69. The number of ketones is 1. The SMILES string of the molecule is C=CCCC(NC(=O)[C@@H]1[C@@H]2[C@H](CN1C(=O)[C@@H](NC(=O)OC(C)(C)C)C(C)(C)C)C2(C)C)C(=O)C(=O)NC/C=C/C(=O)OCC. The van der Waals surface area contributed by atoms with Gasteiger partial charge in [-0.3, -0.25) is 19.2 Å². The number of fused-ring (bicyclic) bond motifs is 1. The lowest BCUT2D eigenvalue weighted by Crippen LogP contribution is -2.60. The molecule has 0 aromatic rings. The maximum Gasteiger partial charge on any atom is 0.408 e. The Morgan fingerprint density at radius 1 is 1.05 bits per heavy atom. The number of Topliss-reactive ketones (excluding diaryl/α,β-unsaturated/α-hetero) is 1. The van der Waals surface area contributed by atoms with Crippen LogP contribution >= 0.6 is 0 Å². The molecule has 2 aliphatic rings. The molecule has 12 heteroatoms. The summed E-state index contributed by atoms with van der Waals surface area (Å²) in [4.78, 5) is 79.3. The van der Waals surface area contributed by atoms with E-state index in [9.17, 15) is 28.8 Å². The summed E-state index contributed by atoms with van der Waals surface area (Å²) in [6, 6.07) is -3.05. The number of hydrogen-bond donors (Lipinski definition) is 3. The number of carbonyl (C=O) groups excluding carboxylic acids is 6. The first-order chi connectivity index (χ1) is 20.3. The lowest BCUT2D eigenvalue weighted by molar-refractivity contribution is -0.145. The normalized spacial score (nSPS) is 21.8. The van der Waals surface area contributed by atoms with Crippen LogP contribution in [0.1, 0.15) is 75.2 Å². The summed E-state index contributed by atoms with van der Waals surface area (Å²) in [7, 11) is 0. The molecule has 3 N–H and O–H groups in total. The summed E-state index contributed by atoms with van der Waals surface area (Å²) in [6.07, 6.45) is 3.82. The number of hydrogen-bond acceptors (Lipinski definition) is 8. The molecule has 0 spiro atoms. The van der Waals surface area contributed by atoms with Crippen molar-refractivity contribution in [1.29, 1.82) is 0 Å². The third-order valence-electron chi connectivity index (χ3n) is 7.97. The van der Waals surface area contributed by atoms with Crippen LogP contribution in [0, 0.1) is 22.7 Å². The van der Waals surface area contributed by atoms with Crippen molar-refractivity contribution < 1.29 is 38.2 Å². The fourth-order valence-corrected chi connectivity index (χ4v) is 5.61. The molecule has 12 nitrogen and oxygen atoms in total. The van der Waals surface area contributed by atoms with E-state index in [2.05, 4.69) is 22.5 Å². The minimum Gasteiger partial charge on any atom is -0.463 e. The molecule has 1 unspecified atom stereocenters. The molecule has 246 valence electrons. The number of rotatable bonds is 13. The quantitative estimate of drug-likeness (QED) is 0.123. The topological polar surface area (TPSA) is 160 Å². The van der Waals surface area contributed by atoms with Gasteiger partial charge in [0.2, 0.25) is 17.6 Å². The minimum atomic E-state index is -1.16. The van der Waals surface area contributed by atoms with Gasteiger partial charge in [0.25, 0.3) is 5.91 Å². The van der Waals surface area contributed by atoms with Gasteiger partial charge in [0, 0.05) is 19.2 Å². The molecule has 0 aromatic heterocycles. The summed E-state index contributed by atoms with van der Waals surface area (Å²) in [5.74, 6) is -3.43. The molecule has 0 bridgehead atoms. The van der Waals surface area contributed by atoms with Crippen molar-refractivity contribution in [1.82, 2.24) is 20.9 Å². The lowest BCUT2D eigenvalue weighted by Gasteiger charge is -2.38. The summed E-state index contributed by atoms with van der Waals surface area (Å²) in [6.45, 7) is 20.4. The van der Waals surface area contributed by atoms with Gasteiger partial charge in [-0.2, -0.15) is 0 Å². The van der Waals surface area contributed by atoms with Gasteiger partial charge in [-0.15, -0.1) is 6.58 Å². The van der Waals surface area contributed by atoms with Crippen LogP contribution in [0.15, 0.2) is 24.8 Å². The van der Waals surface area contributed by atoms with Crippen LogP contribution in [-0.4, -0.2) is 83.9 Å². The third-order valence-corrected chi connectivity index (χ3v) is 7.97. The summed E-state index contributed by atoms with van der Waals surface area (Å²) >= 11 is 0. The number of ether oxygens (including phenoxy) is 2. The van der Waals surface area contributed by atoms with E-state index in [0.717, 1.165) is 6.08 Å². The first-order valence-corrected chi connectivity index (χ1v) is 15.1. The molecule has 0 radical (unpaired) electrons. The first kappa shape index (κ1) is 36.5. The second-order valence-electron chi connectivity index (χ2n) is 14.0. The first-order valence-electron chi connectivity index (χ1n) is 15.1. The zero-order valence-electron chi connectivity index (χ0n) is 27.6. The minimum absolute atomic E-state index is 0.0566. The number of nitrogens with zero attached hydrogens (tertiary/aromatic N) is 1. The van der Waals surface area contributed by atoms with Crippen LogP contribution in [-0.2, 0) is 33.4 Å². The average Bonchev–Trinajstić information content (AvgIpc) is 3.21. The van der Waals surface area contributed by atoms with E-state index in [1.165, 1.54) is 11.0 Å². The van der Waals surface area contributed by atoms with Crippen LogP contribution in [0.3, 0.4) is 0 Å². The zero-order valence-corrected chi connectivity index (χ0v) is 27.6. The number of amides is 4. The monoisotopic (exact) mass is 618 g/mol. The van der Waals surface area contributed by atoms with Crippen LogP contribution in [0.4, 0.5) is 4.79 Å². The number of alkyl carbamates (subject to hydrolysis) is 1. The largest absolute Gasteiger partial charge is 0.463 e. The number of carbonyl (C=O) groups is 6. The van der Waals surface area contributed by atoms with E-state index in [4.69, 9.17) is 9.47 Å². The van der Waals surface area contributed by atoms with Gasteiger partial charge >= 0.3 is 12.1 Å². The highest BCUT2D eigenvalue weighted by Crippen LogP contribution is 2.65. The Morgan fingerprint density at radius 2 is 1.68 bits per heavy atom. The number of piperidine rings is 1. The van der Waals surface area contributed by atoms with Gasteiger partial charge in [-0.25, -0.2) is 9.59 Å². The van der Waals surface area contributed by atoms with E-state index in [-0.39, 0.29) is 36.8 Å². The van der Waals surface area contributed by atoms with Gasteiger partial charge in [-0.05, 0) is 63.2 Å². The molecule has 1 aliphatic heterocycles. The zero-order chi connectivity index (χ0) is 33.6. The van der Waals surface area contributed by atoms with Crippen molar-refractivity contribution in [2.45, 2.75) is 98.9 Å². The lowest BCUT2D eigenvalue weighted by atomic mass is 9.85. The Hall–Kier alpha value is -3.70. The predicted octanol–water partition coefficient (Wildman–Crippen LogP) is 2.66. The Bertz CT molecular complexity index is 1160. The smallest absolute Gasteiger partial charge is 0.408 e. The Morgan fingerprint density at radius 3 is 2.23 bits per heavy atom. The fraction of sp³-hybridized carbons (Fsp3) is 0.688. The number of allylic oxidation sites excluding steroid dienone is 1. The van der Waals surface area contributed by atoms with Crippen molar-refractivity contribution in [2.75, 3.05) is 19.7 Å². The van der Waals surface area contributed by atoms with Crippen molar-refractivity contribution in [2.24, 2.45) is 22.7 Å². The molecule has 1 saturated heterocycles. The van der Waals surface area contributed by atoms with E-state index in [1.54, 1.807) is 33.8 Å². The molecule has 2 fully saturated rings. The Balaban J connectivity index is 2.25. The standard InChI is InChI=1S/C32H50N4O8/c1-11-13-15-20(24(38)27(40)33-17-14-16-21(37)43-12-2)34-26(39)23-22-19(32(22,9)10)18-36(23)28(41)25(30(3,4)5)35-29(42)44-31(6,7)8/h11,14,16,19-20,22-23,25H,1,12-13,15,17-18H2,2-10H3,(H,33,40)(H,34,39)(H,35,42)/b16-14+/t19-,20?,22-,23-,25+/m0/s1. The molecule has 4 amide bonds. The van der Waals surface area contributed by atoms with E-state index in [0.29, 0.717) is 13.0 Å². The maximum absolute atomic E-state index is 14.0. The average molecular weight is 619 g/mol.